The second-order valence-electron chi connectivity index (χ2n) is 4.79. The molecule has 2 N–H and O–H groups in total. The van der Waals surface area contributed by atoms with Crippen LogP contribution in [0.2, 0.25) is 0 Å². The van der Waals surface area contributed by atoms with Gasteiger partial charge in [-0.3, -0.25) is 4.79 Å². The van der Waals surface area contributed by atoms with Crippen LogP contribution in [0.4, 0.5) is 5.69 Å². The third kappa shape index (κ3) is 4.69. The van der Waals surface area contributed by atoms with Crippen LogP contribution in [0.3, 0.4) is 0 Å². The number of nitrogens with one attached hydrogen (secondary N) is 2. The van der Waals surface area contributed by atoms with Crippen molar-refractivity contribution in [3.63, 3.8) is 0 Å². The van der Waals surface area contributed by atoms with Gasteiger partial charge in [0.25, 0.3) is 0 Å². The third-order valence-corrected chi connectivity index (χ3v) is 3.26. The Bertz CT molecular complexity index is 507. The summed E-state index contributed by atoms with van der Waals surface area (Å²) in [5, 5.41) is 5.93. The number of hydrogen-bond donors (Lipinski definition) is 2. The van der Waals surface area contributed by atoms with E-state index in [1.807, 2.05) is 6.92 Å². The lowest BCUT2D eigenvalue weighted by Gasteiger charge is -2.29. The predicted octanol–water partition coefficient (Wildman–Crippen LogP) is 1.60. The molecule has 2 atom stereocenters. The van der Waals surface area contributed by atoms with Crippen LogP contribution in [-0.4, -0.2) is 43.8 Å². The maximum absolute atomic E-state index is 12.2. The van der Waals surface area contributed by atoms with Gasteiger partial charge in [-0.05, 0) is 38.1 Å². The highest BCUT2D eigenvalue weighted by Gasteiger charge is 2.28. The van der Waals surface area contributed by atoms with Crippen molar-refractivity contribution in [3.8, 4) is 0 Å². The van der Waals surface area contributed by atoms with Crippen molar-refractivity contribution in [1.82, 2.24) is 5.32 Å². The third-order valence-electron chi connectivity index (χ3n) is 3.26. The van der Waals surface area contributed by atoms with Gasteiger partial charge in [-0.15, -0.1) is 12.4 Å². The van der Waals surface area contributed by atoms with Gasteiger partial charge >= 0.3 is 5.97 Å². The molecule has 0 bridgehead atoms. The number of anilines is 1. The van der Waals surface area contributed by atoms with Crippen LogP contribution in [0.5, 0.6) is 0 Å². The normalized spacial score (nSPS) is 20.6. The average Bonchev–Trinajstić information content (AvgIpc) is 2.48. The van der Waals surface area contributed by atoms with Crippen LogP contribution in [0.1, 0.15) is 24.2 Å². The number of ether oxygens (including phenoxy) is 2. The highest BCUT2D eigenvalue weighted by atomic mass is 35.5. The van der Waals surface area contributed by atoms with E-state index < -0.39 is 0 Å². The first-order valence-corrected chi connectivity index (χ1v) is 7.05. The smallest absolute Gasteiger partial charge is 0.338 e. The zero-order chi connectivity index (χ0) is 15.2. The number of halogens is 1. The number of rotatable bonds is 4. The summed E-state index contributed by atoms with van der Waals surface area (Å²) in [6.45, 7) is 5.22. The molecule has 0 aliphatic carbocycles. The lowest BCUT2D eigenvalue weighted by atomic mass is 10.1. The van der Waals surface area contributed by atoms with Crippen LogP contribution in [0.25, 0.3) is 0 Å². The molecule has 0 spiro atoms. The second kappa shape index (κ2) is 8.73. The molecule has 1 saturated heterocycles. The lowest BCUT2D eigenvalue weighted by Crippen LogP contribution is -2.53. The Labute approximate surface area is 136 Å². The topological polar surface area (TPSA) is 76.7 Å². The summed E-state index contributed by atoms with van der Waals surface area (Å²) in [5.74, 6) is -0.516. The first-order valence-electron chi connectivity index (χ1n) is 7.05. The molecule has 1 amide bonds. The molecule has 6 nitrogen and oxygen atoms in total. The molecule has 1 aromatic carbocycles. The van der Waals surface area contributed by atoms with E-state index in [1.165, 1.54) is 0 Å². The number of amides is 1. The molecule has 22 heavy (non-hydrogen) atoms. The minimum Gasteiger partial charge on any atom is -0.462 e. The van der Waals surface area contributed by atoms with Gasteiger partial charge < -0.3 is 20.1 Å². The minimum atomic E-state index is -0.372. The molecule has 0 unspecified atom stereocenters. The van der Waals surface area contributed by atoms with E-state index in [1.54, 1.807) is 31.2 Å². The highest BCUT2D eigenvalue weighted by molar-refractivity contribution is 5.96. The van der Waals surface area contributed by atoms with Gasteiger partial charge in [0.05, 0.1) is 24.9 Å². The minimum absolute atomic E-state index is 0. The molecular weight excluding hydrogens is 308 g/mol. The number of morpholine rings is 1. The molecule has 122 valence electrons. The van der Waals surface area contributed by atoms with Gasteiger partial charge in [0.15, 0.2) is 0 Å². The second-order valence-corrected chi connectivity index (χ2v) is 4.79. The van der Waals surface area contributed by atoms with Gasteiger partial charge in [0, 0.05) is 12.2 Å². The standard InChI is InChI=1S/C15H20N2O4.ClH/c1-3-20-15(19)11-4-6-12(7-5-11)17-14(18)13-10(2)21-9-8-16-13;/h4-7,10,13,16H,3,8-9H2,1-2H3,(H,17,18);1H/t10-,13+;/m1./s1. The molecule has 1 aliphatic heterocycles. The molecule has 1 aliphatic rings. The number of benzene rings is 1. The Hall–Kier alpha value is -1.63. The molecule has 1 heterocycles. The Balaban J connectivity index is 0.00000242. The molecule has 0 saturated carbocycles. The zero-order valence-electron chi connectivity index (χ0n) is 12.6. The summed E-state index contributed by atoms with van der Waals surface area (Å²) in [5.41, 5.74) is 1.09. The van der Waals surface area contributed by atoms with Crippen LogP contribution >= 0.6 is 12.4 Å². The summed E-state index contributed by atoms with van der Waals surface area (Å²) in [4.78, 5) is 23.7. The summed E-state index contributed by atoms with van der Waals surface area (Å²) in [6, 6.07) is 6.24. The predicted molar refractivity (Wildman–Crippen MR) is 85.5 cm³/mol. The van der Waals surface area contributed by atoms with Crippen molar-refractivity contribution in [2.75, 3.05) is 25.1 Å². The van der Waals surface area contributed by atoms with Gasteiger partial charge in [-0.1, -0.05) is 0 Å². The van der Waals surface area contributed by atoms with E-state index in [-0.39, 0.29) is 36.4 Å². The quantitative estimate of drug-likeness (QED) is 0.821. The van der Waals surface area contributed by atoms with Crippen molar-refractivity contribution < 1.29 is 19.1 Å². The summed E-state index contributed by atoms with van der Waals surface area (Å²) < 4.78 is 10.3. The number of esters is 1. The fourth-order valence-corrected chi connectivity index (χ4v) is 2.15. The molecular formula is C15H21ClN2O4. The monoisotopic (exact) mass is 328 g/mol. The van der Waals surface area contributed by atoms with E-state index in [2.05, 4.69) is 10.6 Å². The largest absolute Gasteiger partial charge is 0.462 e. The Morgan fingerprint density at radius 3 is 2.64 bits per heavy atom. The van der Waals surface area contributed by atoms with Gasteiger partial charge in [-0.25, -0.2) is 4.79 Å². The highest BCUT2D eigenvalue weighted by Crippen LogP contribution is 2.13. The molecule has 0 radical (unpaired) electrons. The number of carbonyl (C=O) groups is 2. The van der Waals surface area contributed by atoms with E-state index in [9.17, 15) is 9.59 Å². The summed E-state index contributed by atoms with van der Waals surface area (Å²) >= 11 is 0. The first-order chi connectivity index (χ1) is 10.1. The molecule has 1 fully saturated rings. The van der Waals surface area contributed by atoms with Crippen LogP contribution in [0, 0.1) is 0 Å². The Morgan fingerprint density at radius 2 is 2.05 bits per heavy atom. The lowest BCUT2D eigenvalue weighted by molar-refractivity contribution is -0.123. The summed E-state index contributed by atoms with van der Waals surface area (Å²) in [6.07, 6.45) is -0.169. The van der Waals surface area contributed by atoms with E-state index >= 15 is 0 Å². The van der Waals surface area contributed by atoms with Crippen molar-refractivity contribution in [2.45, 2.75) is 26.0 Å². The number of hydrogen-bond acceptors (Lipinski definition) is 5. The van der Waals surface area contributed by atoms with E-state index in [0.717, 1.165) is 0 Å². The van der Waals surface area contributed by atoms with Gasteiger partial charge in [-0.2, -0.15) is 0 Å². The molecule has 0 aromatic heterocycles. The van der Waals surface area contributed by atoms with E-state index in [4.69, 9.17) is 9.47 Å². The first kappa shape index (κ1) is 18.4. The fourth-order valence-electron chi connectivity index (χ4n) is 2.15. The molecule has 1 aromatic rings. The maximum atomic E-state index is 12.2. The van der Waals surface area contributed by atoms with Crippen molar-refractivity contribution >= 4 is 30.0 Å². The SMILES string of the molecule is CCOC(=O)c1ccc(NC(=O)[C@H]2NCCO[C@@H]2C)cc1.Cl. The Kier molecular flexibility index (Phi) is 7.31. The fraction of sp³-hybridized carbons (Fsp3) is 0.467. The average molecular weight is 329 g/mol. The van der Waals surface area contributed by atoms with Crippen molar-refractivity contribution in [2.24, 2.45) is 0 Å². The van der Waals surface area contributed by atoms with Gasteiger partial charge in [0.2, 0.25) is 5.91 Å². The summed E-state index contributed by atoms with van der Waals surface area (Å²) in [7, 11) is 0. The van der Waals surface area contributed by atoms with Crippen LogP contribution < -0.4 is 10.6 Å². The van der Waals surface area contributed by atoms with Gasteiger partial charge in [0.1, 0.15) is 6.04 Å². The number of carbonyl (C=O) groups excluding carboxylic acids is 2. The Morgan fingerprint density at radius 1 is 1.36 bits per heavy atom. The molecule has 7 heteroatoms. The van der Waals surface area contributed by atoms with Crippen LogP contribution in [-0.2, 0) is 14.3 Å². The zero-order valence-corrected chi connectivity index (χ0v) is 13.4. The van der Waals surface area contributed by atoms with Crippen molar-refractivity contribution in [3.05, 3.63) is 29.8 Å². The van der Waals surface area contributed by atoms with Crippen molar-refractivity contribution in [1.29, 1.82) is 0 Å². The molecule has 2 rings (SSSR count). The van der Waals surface area contributed by atoms with E-state index in [0.29, 0.717) is 31.0 Å². The van der Waals surface area contributed by atoms with Crippen LogP contribution in [0.15, 0.2) is 24.3 Å². The maximum Gasteiger partial charge on any atom is 0.338 e.